The van der Waals surface area contributed by atoms with Gasteiger partial charge in [0.25, 0.3) is 0 Å². The highest BCUT2D eigenvalue weighted by Crippen LogP contribution is 2.40. The van der Waals surface area contributed by atoms with Crippen LogP contribution in [0.15, 0.2) is 36.4 Å². The summed E-state index contributed by atoms with van der Waals surface area (Å²) in [5.41, 5.74) is 3.52. The predicted molar refractivity (Wildman–Crippen MR) is 96.0 cm³/mol. The van der Waals surface area contributed by atoms with Gasteiger partial charge in [-0.25, -0.2) is 8.42 Å². The third-order valence-electron chi connectivity index (χ3n) is 4.08. The fourth-order valence-corrected chi connectivity index (χ4v) is 3.58. The maximum atomic E-state index is 11.5. The quantitative estimate of drug-likeness (QED) is 0.884. The summed E-state index contributed by atoms with van der Waals surface area (Å²) in [5.74, 6) is 1.33. The Morgan fingerprint density at radius 2 is 1.84 bits per heavy atom. The minimum Gasteiger partial charge on any atom is -0.493 e. The third kappa shape index (κ3) is 3.88. The van der Waals surface area contributed by atoms with Crippen molar-refractivity contribution < 1.29 is 22.6 Å². The zero-order chi connectivity index (χ0) is 18.0. The smallest absolute Gasteiger partial charge is 0.229 e. The third-order valence-corrected chi connectivity index (χ3v) is 4.68. The highest BCUT2D eigenvalue weighted by atomic mass is 32.2. The fourth-order valence-electron chi connectivity index (χ4n) is 3.03. The molecule has 25 heavy (non-hydrogen) atoms. The van der Waals surface area contributed by atoms with Crippen LogP contribution in [0.1, 0.15) is 22.8 Å². The van der Waals surface area contributed by atoms with E-state index in [9.17, 15) is 8.42 Å². The van der Waals surface area contributed by atoms with E-state index in [1.165, 1.54) is 0 Å². The number of anilines is 1. The maximum Gasteiger partial charge on any atom is 0.229 e. The van der Waals surface area contributed by atoms with E-state index in [1.807, 2.05) is 18.2 Å². The van der Waals surface area contributed by atoms with Crippen LogP contribution in [0.5, 0.6) is 11.5 Å². The first kappa shape index (κ1) is 17.6. The average Bonchev–Trinajstić information content (AvgIpc) is 2.58. The topological polar surface area (TPSA) is 73.9 Å². The Labute approximate surface area is 147 Å². The van der Waals surface area contributed by atoms with Crippen LogP contribution < -0.4 is 14.2 Å². The lowest BCUT2D eigenvalue weighted by Crippen LogP contribution is -2.18. The molecule has 134 valence electrons. The van der Waals surface area contributed by atoms with E-state index in [-0.39, 0.29) is 6.10 Å². The summed E-state index contributed by atoms with van der Waals surface area (Å²) in [6.07, 6.45) is 1.63. The Morgan fingerprint density at radius 3 is 2.52 bits per heavy atom. The van der Waals surface area contributed by atoms with E-state index in [0.29, 0.717) is 23.8 Å². The van der Waals surface area contributed by atoms with Crippen LogP contribution in [0.2, 0.25) is 0 Å². The van der Waals surface area contributed by atoms with Crippen LogP contribution in [0.4, 0.5) is 5.69 Å². The summed E-state index contributed by atoms with van der Waals surface area (Å²) >= 11 is 0. The second-order valence-electron chi connectivity index (χ2n) is 5.91. The second-order valence-corrected chi connectivity index (χ2v) is 7.65. The van der Waals surface area contributed by atoms with Gasteiger partial charge in [-0.15, -0.1) is 0 Å². The molecule has 2 aromatic carbocycles. The minimum absolute atomic E-state index is 0.287. The molecule has 3 rings (SSSR count). The molecule has 0 saturated carbocycles. The van der Waals surface area contributed by atoms with Gasteiger partial charge in [0.2, 0.25) is 10.0 Å². The normalized spacial score (nSPS) is 16.8. The molecule has 1 aliphatic heterocycles. The van der Waals surface area contributed by atoms with Crippen molar-refractivity contribution in [3.63, 3.8) is 0 Å². The van der Waals surface area contributed by atoms with Crippen molar-refractivity contribution in [3.05, 3.63) is 53.1 Å². The van der Waals surface area contributed by atoms with Gasteiger partial charge in [-0.2, -0.15) is 0 Å². The van der Waals surface area contributed by atoms with Crippen molar-refractivity contribution in [2.24, 2.45) is 0 Å². The summed E-state index contributed by atoms with van der Waals surface area (Å²) in [7, 11) is -0.123. The Hall–Kier alpha value is -2.25. The van der Waals surface area contributed by atoms with E-state index in [0.717, 1.165) is 29.4 Å². The number of nitrogens with one attached hydrogen (secondary N) is 1. The van der Waals surface area contributed by atoms with Gasteiger partial charge in [-0.3, -0.25) is 4.72 Å². The van der Waals surface area contributed by atoms with E-state index >= 15 is 0 Å². The SMILES string of the molecule is COc1cc2c(cc1OC)[C@H](c1cccc(NS(C)(=O)=O)c1)OCC2. The summed E-state index contributed by atoms with van der Waals surface area (Å²) in [5, 5.41) is 0. The number of ether oxygens (including phenoxy) is 3. The number of methoxy groups -OCH3 is 2. The van der Waals surface area contributed by atoms with Gasteiger partial charge in [0.05, 0.1) is 27.1 Å². The summed E-state index contributed by atoms with van der Waals surface area (Å²) in [6, 6.07) is 11.1. The van der Waals surface area contributed by atoms with Gasteiger partial charge in [-0.05, 0) is 47.4 Å². The van der Waals surface area contributed by atoms with Gasteiger partial charge in [0.1, 0.15) is 6.10 Å². The molecular weight excluding hydrogens is 342 g/mol. The number of rotatable bonds is 5. The van der Waals surface area contributed by atoms with E-state index in [4.69, 9.17) is 14.2 Å². The molecule has 1 aliphatic rings. The molecule has 0 unspecified atom stereocenters. The number of hydrogen-bond acceptors (Lipinski definition) is 5. The fraction of sp³-hybridized carbons (Fsp3) is 0.333. The number of benzene rings is 2. The van der Waals surface area contributed by atoms with Crippen LogP contribution in [-0.4, -0.2) is 35.5 Å². The van der Waals surface area contributed by atoms with E-state index in [1.54, 1.807) is 32.4 Å². The molecular formula is C18H21NO5S. The van der Waals surface area contributed by atoms with E-state index in [2.05, 4.69) is 4.72 Å². The molecule has 0 fully saturated rings. The van der Waals surface area contributed by atoms with E-state index < -0.39 is 10.0 Å². The number of fused-ring (bicyclic) bond motifs is 1. The lowest BCUT2D eigenvalue weighted by Gasteiger charge is -2.28. The van der Waals surface area contributed by atoms with Gasteiger partial charge in [0, 0.05) is 5.69 Å². The molecule has 0 saturated heterocycles. The second kappa shape index (κ2) is 6.93. The van der Waals surface area contributed by atoms with Crippen molar-refractivity contribution in [2.45, 2.75) is 12.5 Å². The largest absolute Gasteiger partial charge is 0.493 e. The predicted octanol–water partition coefficient (Wildman–Crippen LogP) is 2.74. The lowest BCUT2D eigenvalue weighted by molar-refractivity contribution is 0.0695. The standard InChI is InChI=1S/C18H21NO5S/c1-22-16-10-12-7-8-24-18(15(12)11-17(16)23-2)13-5-4-6-14(9-13)19-25(3,20)21/h4-6,9-11,18-19H,7-8H2,1-3H3/t18-/m0/s1. The van der Waals surface area contributed by atoms with Gasteiger partial charge >= 0.3 is 0 Å². The molecule has 0 bridgehead atoms. The maximum absolute atomic E-state index is 11.5. The van der Waals surface area contributed by atoms with Crippen LogP contribution >= 0.6 is 0 Å². The average molecular weight is 363 g/mol. The van der Waals surface area contributed by atoms with Crippen LogP contribution in [0, 0.1) is 0 Å². The Morgan fingerprint density at radius 1 is 1.12 bits per heavy atom. The van der Waals surface area contributed by atoms with Crippen molar-refractivity contribution in [1.82, 2.24) is 0 Å². The Kier molecular flexibility index (Phi) is 4.87. The summed E-state index contributed by atoms with van der Waals surface area (Å²) in [4.78, 5) is 0. The molecule has 0 amide bonds. The zero-order valence-corrected chi connectivity index (χ0v) is 15.2. The zero-order valence-electron chi connectivity index (χ0n) is 14.4. The van der Waals surface area contributed by atoms with Crippen molar-refractivity contribution >= 4 is 15.7 Å². The highest BCUT2D eigenvalue weighted by Gasteiger charge is 2.25. The first-order valence-corrected chi connectivity index (χ1v) is 9.74. The molecule has 0 aromatic heterocycles. The number of hydrogen-bond donors (Lipinski definition) is 1. The molecule has 1 atom stereocenters. The van der Waals surface area contributed by atoms with Crippen LogP contribution in [0.3, 0.4) is 0 Å². The van der Waals surface area contributed by atoms with Gasteiger partial charge in [0.15, 0.2) is 11.5 Å². The van der Waals surface area contributed by atoms with Crippen molar-refractivity contribution in [1.29, 1.82) is 0 Å². The van der Waals surface area contributed by atoms with Gasteiger partial charge < -0.3 is 14.2 Å². The first-order valence-electron chi connectivity index (χ1n) is 7.85. The monoisotopic (exact) mass is 363 g/mol. The molecule has 0 radical (unpaired) electrons. The molecule has 6 nitrogen and oxygen atoms in total. The molecule has 1 heterocycles. The molecule has 0 spiro atoms. The summed E-state index contributed by atoms with van der Waals surface area (Å²) < 4.78 is 42.2. The number of sulfonamides is 1. The Bertz CT molecular complexity index is 879. The molecule has 7 heteroatoms. The molecule has 1 N–H and O–H groups in total. The van der Waals surface area contributed by atoms with Crippen molar-refractivity contribution in [2.75, 3.05) is 31.8 Å². The van der Waals surface area contributed by atoms with Crippen LogP contribution in [0.25, 0.3) is 0 Å². The molecule has 0 aliphatic carbocycles. The first-order chi connectivity index (χ1) is 11.9. The van der Waals surface area contributed by atoms with Crippen molar-refractivity contribution in [3.8, 4) is 11.5 Å². The minimum atomic E-state index is -3.33. The van der Waals surface area contributed by atoms with Gasteiger partial charge in [-0.1, -0.05) is 12.1 Å². The summed E-state index contributed by atoms with van der Waals surface area (Å²) in [6.45, 7) is 0.580. The Balaban J connectivity index is 2.02. The highest BCUT2D eigenvalue weighted by molar-refractivity contribution is 7.92. The molecule has 2 aromatic rings. The van der Waals surface area contributed by atoms with Crippen LogP contribution in [-0.2, 0) is 21.2 Å². The lowest BCUT2D eigenvalue weighted by atomic mass is 9.92.